The van der Waals surface area contributed by atoms with E-state index in [-0.39, 0.29) is 0 Å². The molecule has 0 N–H and O–H groups in total. The molecule has 0 aromatic carbocycles. The SMILES string of the molecule is Br/C=C\c1ccsc1. The first-order valence-electron chi connectivity index (χ1n) is 2.22. The fourth-order valence-electron chi connectivity index (χ4n) is 0.443. The van der Waals surface area contributed by atoms with E-state index in [9.17, 15) is 0 Å². The predicted octanol–water partition coefficient (Wildman–Crippen LogP) is 3.11. The maximum atomic E-state index is 3.19. The lowest BCUT2D eigenvalue weighted by atomic mass is 10.3. The van der Waals surface area contributed by atoms with E-state index in [0.717, 1.165) is 0 Å². The second kappa shape index (κ2) is 3.05. The van der Waals surface area contributed by atoms with Crippen molar-refractivity contribution in [2.24, 2.45) is 0 Å². The molecule has 0 atom stereocenters. The normalized spacial score (nSPS) is 10.6. The molecule has 0 aliphatic carbocycles. The summed E-state index contributed by atoms with van der Waals surface area (Å²) in [5.41, 5.74) is 1.26. The summed E-state index contributed by atoms with van der Waals surface area (Å²) in [5, 5.41) is 4.15. The molecule has 1 heterocycles. The van der Waals surface area contributed by atoms with Crippen LogP contribution >= 0.6 is 27.3 Å². The van der Waals surface area contributed by atoms with E-state index in [1.54, 1.807) is 11.3 Å². The van der Waals surface area contributed by atoms with Crippen molar-refractivity contribution in [3.63, 3.8) is 0 Å². The first-order chi connectivity index (χ1) is 3.93. The van der Waals surface area contributed by atoms with Crippen molar-refractivity contribution in [1.29, 1.82) is 0 Å². The number of rotatable bonds is 1. The largest absolute Gasteiger partial charge is 0.152 e. The molecule has 0 amide bonds. The summed E-state index contributed by atoms with van der Waals surface area (Å²) >= 11 is 4.90. The van der Waals surface area contributed by atoms with Crippen LogP contribution in [0.15, 0.2) is 21.8 Å². The highest BCUT2D eigenvalue weighted by Crippen LogP contribution is 2.07. The molecule has 0 radical (unpaired) electrons. The minimum atomic E-state index is 1.26. The Kier molecular flexibility index (Phi) is 2.30. The van der Waals surface area contributed by atoms with E-state index < -0.39 is 0 Å². The van der Waals surface area contributed by atoms with Gasteiger partial charge < -0.3 is 0 Å². The molecule has 0 aliphatic rings. The van der Waals surface area contributed by atoms with Crippen LogP contribution in [0.1, 0.15) is 5.56 Å². The Morgan fingerprint density at radius 3 is 3.00 bits per heavy atom. The van der Waals surface area contributed by atoms with Crippen molar-refractivity contribution in [2.45, 2.75) is 0 Å². The maximum Gasteiger partial charge on any atom is -0.00206 e. The van der Waals surface area contributed by atoms with Crippen LogP contribution in [0.25, 0.3) is 6.08 Å². The molecule has 8 heavy (non-hydrogen) atoms. The van der Waals surface area contributed by atoms with E-state index in [1.165, 1.54) is 5.56 Å². The van der Waals surface area contributed by atoms with Gasteiger partial charge in [0, 0.05) is 0 Å². The first kappa shape index (κ1) is 6.05. The zero-order valence-corrected chi connectivity index (χ0v) is 6.58. The fourth-order valence-corrected chi connectivity index (χ4v) is 1.38. The van der Waals surface area contributed by atoms with Crippen LogP contribution in [0.3, 0.4) is 0 Å². The summed E-state index contributed by atoms with van der Waals surface area (Å²) in [4.78, 5) is 1.86. The highest BCUT2D eigenvalue weighted by Gasteiger charge is 1.80. The molecule has 1 aromatic rings. The fraction of sp³-hybridized carbons (Fsp3) is 0. The molecule has 0 bridgehead atoms. The quantitative estimate of drug-likeness (QED) is 0.636. The summed E-state index contributed by atoms with van der Waals surface area (Å²) < 4.78 is 0. The Labute approximate surface area is 61.0 Å². The maximum absolute atomic E-state index is 3.19. The molecule has 1 rings (SSSR count). The van der Waals surface area contributed by atoms with Crippen molar-refractivity contribution in [2.75, 3.05) is 0 Å². The zero-order valence-electron chi connectivity index (χ0n) is 4.17. The Morgan fingerprint density at radius 1 is 1.62 bits per heavy atom. The molecule has 42 valence electrons. The van der Waals surface area contributed by atoms with Crippen LogP contribution in [-0.4, -0.2) is 0 Å². The molecule has 2 heteroatoms. The predicted molar refractivity (Wildman–Crippen MR) is 42.3 cm³/mol. The summed E-state index contributed by atoms with van der Waals surface area (Å²) in [7, 11) is 0. The number of halogens is 1. The number of thiophene rings is 1. The van der Waals surface area contributed by atoms with E-state index in [4.69, 9.17) is 0 Å². The number of hydrogen-bond acceptors (Lipinski definition) is 1. The molecular weight excluding hydrogens is 184 g/mol. The zero-order chi connectivity index (χ0) is 5.82. The summed E-state index contributed by atoms with van der Waals surface area (Å²) in [6.07, 6.45) is 2.01. The van der Waals surface area contributed by atoms with Crippen LogP contribution in [0.4, 0.5) is 0 Å². The third-order valence-corrected chi connectivity index (χ3v) is 1.76. The third-order valence-electron chi connectivity index (χ3n) is 0.799. The lowest BCUT2D eigenvalue weighted by Crippen LogP contribution is -1.52. The van der Waals surface area contributed by atoms with Gasteiger partial charge in [0.05, 0.1) is 0 Å². The second-order valence-electron chi connectivity index (χ2n) is 1.35. The molecule has 0 aliphatic heterocycles. The second-order valence-corrected chi connectivity index (χ2v) is 2.66. The van der Waals surface area contributed by atoms with E-state index >= 15 is 0 Å². The van der Waals surface area contributed by atoms with Gasteiger partial charge in [-0.2, -0.15) is 11.3 Å². The Balaban J connectivity index is 2.77. The molecule has 0 nitrogen and oxygen atoms in total. The topological polar surface area (TPSA) is 0 Å². The first-order valence-corrected chi connectivity index (χ1v) is 4.08. The van der Waals surface area contributed by atoms with E-state index in [0.29, 0.717) is 0 Å². The lowest BCUT2D eigenvalue weighted by Gasteiger charge is -1.74. The van der Waals surface area contributed by atoms with Gasteiger partial charge in [0.15, 0.2) is 0 Å². The van der Waals surface area contributed by atoms with Gasteiger partial charge in [-0.25, -0.2) is 0 Å². The van der Waals surface area contributed by atoms with Gasteiger partial charge in [-0.1, -0.05) is 15.9 Å². The van der Waals surface area contributed by atoms with Crippen molar-refractivity contribution in [1.82, 2.24) is 0 Å². The highest BCUT2D eigenvalue weighted by molar-refractivity contribution is 9.11. The van der Waals surface area contributed by atoms with E-state index in [1.807, 2.05) is 11.1 Å². The minimum absolute atomic E-state index is 1.26. The summed E-state index contributed by atoms with van der Waals surface area (Å²) in [5.74, 6) is 0. The average Bonchev–Trinajstić information content (AvgIpc) is 2.19. The van der Waals surface area contributed by atoms with Gasteiger partial charge in [-0.15, -0.1) is 0 Å². The Hall–Kier alpha value is -0.0800. The van der Waals surface area contributed by atoms with Crippen LogP contribution in [0.2, 0.25) is 0 Å². The molecule has 0 fully saturated rings. The molecule has 0 saturated heterocycles. The molecular formula is C6H5BrS. The van der Waals surface area contributed by atoms with E-state index in [2.05, 4.69) is 32.8 Å². The van der Waals surface area contributed by atoms with Gasteiger partial charge >= 0.3 is 0 Å². The number of hydrogen-bond donors (Lipinski definition) is 0. The van der Waals surface area contributed by atoms with Crippen molar-refractivity contribution < 1.29 is 0 Å². The van der Waals surface area contributed by atoms with Crippen molar-refractivity contribution in [3.8, 4) is 0 Å². The lowest BCUT2D eigenvalue weighted by molar-refractivity contribution is 1.90. The van der Waals surface area contributed by atoms with Gasteiger partial charge in [-0.05, 0) is 33.5 Å². The van der Waals surface area contributed by atoms with Crippen molar-refractivity contribution in [3.05, 3.63) is 27.4 Å². The van der Waals surface area contributed by atoms with Crippen molar-refractivity contribution >= 4 is 33.3 Å². The minimum Gasteiger partial charge on any atom is -0.152 e. The van der Waals surface area contributed by atoms with Crippen LogP contribution in [0.5, 0.6) is 0 Å². The molecule has 0 unspecified atom stereocenters. The summed E-state index contributed by atoms with van der Waals surface area (Å²) in [6, 6.07) is 2.07. The Bertz CT molecular complexity index is 165. The standard InChI is InChI=1S/C6H5BrS/c7-3-1-6-2-4-8-5-6/h1-5H/b3-1-. The highest BCUT2D eigenvalue weighted by atomic mass is 79.9. The molecule has 0 saturated carbocycles. The third kappa shape index (κ3) is 1.46. The smallest absolute Gasteiger partial charge is 0.00206 e. The molecule has 1 aromatic heterocycles. The van der Waals surface area contributed by atoms with Gasteiger partial charge in [-0.3, -0.25) is 0 Å². The Morgan fingerprint density at radius 2 is 2.50 bits per heavy atom. The summed E-state index contributed by atoms with van der Waals surface area (Å²) in [6.45, 7) is 0. The molecule has 0 spiro atoms. The van der Waals surface area contributed by atoms with Crippen LogP contribution in [-0.2, 0) is 0 Å². The average molecular weight is 189 g/mol. The monoisotopic (exact) mass is 188 g/mol. The van der Waals surface area contributed by atoms with Gasteiger partial charge in [0.25, 0.3) is 0 Å². The van der Waals surface area contributed by atoms with Crippen LogP contribution in [0, 0.1) is 0 Å². The van der Waals surface area contributed by atoms with Gasteiger partial charge in [0.1, 0.15) is 0 Å². The van der Waals surface area contributed by atoms with Crippen LogP contribution < -0.4 is 0 Å². The van der Waals surface area contributed by atoms with Gasteiger partial charge in [0.2, 0.25) is 0 Å².